The lowest BCUT2D eigenvalue weighted by Gasteiger charge is -2.09. The minimum absolute atomic E-state index is 0.906. The minimum Gasteiger partial charge on any atom is -0.261 e. The molecule has 0 unspecified atom stereocenters. The third-order valence-corrected chi connectivity index (χ3v) is 2.77. The van der Waals surface area contributed by atoms with E-state index in [-0.39, 0.29) is 0 Å². The van der Waals surface area contributed by atoms with Gasteiger partial charge in [-0.15, -0.1) is 0 Å². The quantitative estimate of drug-likeness (QED) is 0.616. The van der Waals surface area contributed by atoms with Crippen LogP contribution in [0, 0.1) is 0 Å². The molecule has 0 spiro atoms. The van der Waals surface area contributed by atoms with Crippen LogP contribution in [0.4, 0.5) is 0 Å². The first-order valence-corrected chi connectivity index (χ1v) is 5.97. The Hall–Kier alpha value is -1.63. The van der Waals surface area contributed by atoms with Crippen molar-refractivity contribution in [2.75, 3.05) is 0 Å². The van der Waals surface area contributed by atoms with Crippen LogP contribution in [0.3, 0.4) is 0 Å². The first-order valence-electron chi connectivity index (χ1n) is 5.97. The number of aliphatic imine (C=N–C) groups is 1. The molecular formula is C16H21N. The Balaban J connectivity index is 3.16. The molecule has 0 amide bonds. The third-order valence-electron chi connectivity index (χ3n) is 2.77. The molecule has 0 heterocycles. The summed E-state index contributed by atoms with van der Waals surface area (Å²) in [5.41, 5.74) is 6.31. The molecule has 0 bridgehead atoms. The Morgan fingerprint density at radius 3 is 2.59 bits per heavy atom. The summed E-state index contributed by atoms with van der Waals surface area (Å²) in [5, 5.41) is 0. The minimum atomic E-state index is 0.906. The lowest BCUT2D eigenvalue weighted by molar-refractivity contribution is 1.30. The fourth-order valence-electron chi connectivity index (χ4n) is 2.03. The van der Waals surface area contributed by atoms with E-state index in [9.17, 15) is 0 Å². The number of allylic oxidation sites excluding steroid dienone is 8. The van der Waals surface area contributed by atoms with Crippen molar-refractivity contribution >= 4 is 5.71 Å². The van der Waals surface area contributed by atoms with Gasteiger partial charge in [0.25, 0.3) is 0 Å². The standard InChI is InChI=1S/C16H21N/c1-6-8-9-13(5)14-10-11-15(17-7-2)16(14)12(3)4/h6-10H,2,11H2,1,3-5H3/b8-6-,13-9+,17-15?. The highest BCUT2D eigenvalue weighted by Gasteiger charge is 2.20. The van der Waals surface area contributed by atoms with Gasteiger partial charge in [-0.25, -0.2) is 0 Å². The lowest BCUT2D eigenvalue weighted by atomic mass is 9.97. The van der Waals surface area contributed by atoms with Gasteiger partial charge < -0.3 is 0 Å². The smallest absolute Gasteiger partial charge is 0.0518 e. The fourth-order valence-corrected chi connectivity index (χ4v) is 2.03. The highest BCUT2D eigenvalue weighted by atomic mass is 14.7. The summed E-state index contributed by atoms with van der Waals surface area (Å²) in [5.74, 6) is 0. The van der Waals surface area contributed by atoms with Gasteiger partial charge in [-0.2, -0.15) is 0 Å². The molecule has 1 nitrogen and oxygen atoms in total. The van der Waals surface area contributed by atoms with Gasteiger partial charge in [0.2, 0.25) is 0 Å². The van der Waals surface area contributed by atoms with Gasteiger partial charge in [-0.1, -0.05) is 36.5 Å². The van der Waals surface area contributed by atoms with Gasteiger partial charge in [0.05, 0.1) is 5.71 Å². The molecule has 0 aliphatic heterocycles. The Morgan fingerprint density at radius 1 is 1.35 bits per heavy atom. The fraction of sp³-hybridized carbons (Fsp3) is 0.312. The third kappa shape index (κ3) is 3.16. The molecule has 0 saturated carbocycles. The van der Waals surface area contributed by atoms with Gasteiger partial charge in [-0.3, -0.25) is 4.99 Å². The zero-order valence-corrected chi connectivity index (χ0v) is 11.2. The van der Waals surface area contributed by atoms with E-state index in [4.69, 9.17) is 0 Å². The summed E-state index contributed by atoms with van der Waals surface area (Å²) in [6.07, 6.45) is 11.0. The summed E-state index contributed by atoms with van der Waals surface area (Å²) in [6.45, 7) is 12.1. The summed E-state index contributed by atoms with van der Waals surface area (Å²) in [4.78, 5) is 4.36. The lowest BCUT2D eigenvalue weighted by Crippen LogP contribution is -2.00. The highest BCUT2D eigenvalue weighted by Crippen LogP contribution is 2.31. The van der Waals surface area contributed by atoms with E-state index >= 15 is 0 Å². The Labute approximate surface area is 105 Å². The van der Waals surface area contributed by atoms with Crippen LogP contribution in [0.25, 0.3) is 0 Å². The van der Waals surface area contributed by atoms with Crippen LogP contribution in [0.5, 0.6) is 0 Å². The molecule has 1 rings (SSSR count). The van der Waals surface area contributed by atoms with E-state index in [0.29, 0.717) is 0 Å². The van der Waals surface area contributed by atoms with Crippen molar-refractivity contribution in [3.8, 4) is 0 Å². The number of hydrogen-bond acceptors (Lipinski definition) is 1. The van der Waals surface area contributed by atoms with Crippen LogP contribution in [-0.2, 0) is 0 Å². The van der Waals surface area contributed by atoms with Crippen LogP contribution < -0.4 is 0 Å². The Bertz CT molecular complexity index is 450. The van der Waals surface area contributed by atoms with Crippen LogP contribution in [0.1, 0.15) is 34.1 Å². The Morgan fingerprint density at radius 2 is 2.06 bits per heavy atom. The highest BCUT2D eigenvalue weighted by molar-refractivity contribution is 6.09. The van der Waals surface area contributed by atoms with E-state index in [2.05, 4.69) is 50.6 Å². The summed E-state index contributed by atoms with van der Waals surface area (Å²) < 4.78 is 0. The molecule has 1 heteroatoms. The average molecular weight is 227 g/mol. The van der Waals surface area contributed by atoms with Crippen LogP contribution in [-0.4, -0.2) is 5.71 Å². The maximum absolute atomic E-state index is 4.36. The number of nitrogens with zero attached hydrogens (tertiary/aromatic N) is 1. The van der Waals surface area contributed by atoms with Gasteiger partial charge in [0.1, 0.15) is 0 Å². The van der Waals surface area contributed by atoms with Gasteiger partial charge >= 0.3 is 0 Å². The van der Waals surface area contributed by atoms with Crippen molar-refractivity contribution < 1.29 is 0 Å². The average Bonchev–Trinajstić information content (AvgIpc) is 2.70. The largest absolute Gasteiger partial charge is 0.261 e. The second-order valence-corrected chi connectivity index (χ2v) is 4.33. The molecule has 17 heavy (non-hydrogen) atoms. The summed E-state index contributed by atoms with van der Waals surface area (Å²) in [6, 6.07) is 0. The van der Waals surface area contributed by atoms with Crippen LogP contribution in [0.15, 0.2) is 64.4 Å². The van der Waals surface area contributed by atoms with Gasteiger partial charge in [0, 0.05) is 18.2 Å². The molecule has 0 radical (unpaired) electrons. The molecule has 0 fully saturated rings. The van der Waals surface area contributed by atoms with Crippen LogP contribution >= 0.6 is 0 Å². The van der Waals surface area contributed by atoms with Crippen LogP contribution in [0.2, 0.25) is 0 Å². The topological polar surface area (TPSA) is 12.4 Å². The molecule has 0 atom stereocenters. The van der Waals surface area contributed by atoms with E-state index in [1.54, 1.807) is 6.20 Å². The molecule has 0 N–H and O–H groups in total. The normalized spacial score (nSPS) is 19.1. The second-order valence-electron chi connectivity index (χ2n) is 4.33. The molecular weight excluding hydrogens is 206 g/mol. The van der Waals surface area contributed by atoms with Gasteiger partial charge in [0.15, 0.2) is 0 Å². The molecule has 0 aromatic heterocycles. The summed E-state index contributed by atoms with van der Waals surface area (Å²) >= 11 is 0. The van der Waals surface area contributed by atoms with Crippen molar-refractivity contribution in [1.82, 2.24) is 0 Å². The molecule has 90 valence electrons. The predicted molar refractivity (Wildman–Crippen MR) is 77.3 cm³/mol. The van der Waals surface area contributed by atoms with Crippen molar-refractivity contribution in [3.05, 3.63) is 59.4 Å². The zero-order chi connectivity index (χ0) is 12.8. The predicted octanol–water partition coefficient (Wildman–Crippen LogP) is 4.76. The van der Waals surface area contributed by atoms with Crippen molar-refractivity contribution in [1.29, 1.82) is 0 Å². The molecule has 1 aliphatic carbocycles. The van der Waals surface area contributed by atoms with E-state index in [1.165, 1.54) is 22.3 Å². The maximum Gasteiger partial charge on any atom is 0.0518 e. The van der Waals surface area contributed by atoms with Gasteiger partial charge in [-0.05, 0) is 38.8 Å². The van der Waals surface area contributed by atoms with E-state index < -0.39 is 0 Å². The molecule has 1 aliphatic rings. The number of rotatable bonds is 3. The molecule has 0 aromatic rings. The monoisotopic (exact) mass is 227 g/mol. The van der Waals surface area contributed by atoms with Crippen molar-refractivity contribution in [2.45, 2.75) is 34.1 Å². The molecule has 0 aromatic carbocycles. The van der Waals surface area contributed by atoms with E-state index in [1.807, 2.05) is 13.0 Å². The first-order chi connectivity index (χ1) is 8.11. The van der Waals surface area contributed by atoms with Crippen molar-refractivity contribution in [3.63, 3.8) is 0 Å². The Kier molecular flexibility index (Phi) is 4.89. The first kappa shape index (κ1) is 13.4. The van der Waals surface area contributed by atoms with E-state index in [0.717, 1.165) is 12.1 Å². The molecule has 0 saturated heterocycles. The number of hydrogen-bond donors (Lipinski definition) is 0. The second kappa shape index (κ2) is 6.19. The van der Waals surface area contributed by atoms with Crippen molar-refractivity contribution in [2.24, 2.45) is 4.99 Å². The summed E-state index contributed by atoms with van der Waals surface area (Å²) in [7, 11) is 0. The zero-order valence-electron chi connectivity index (χ0n) is 11.2. The SMILES string of the molecule is C=CN=C1CC=C(/C(C)=C/C=C\C)C1=C(C)C. The maximum atomic E-state index is 4.36.